The summed E-state index contributed by atoms with van der Waals surface area (Å²) in [4.78, 5) is 0. The van der Waals surface area contributed by atoms with Crippen LogP contribution in [0.4, 0.5) is 0 Å². The molecule has 2 atom stereocenters. The van der Waals surface area contributed by atoms with Crippen molar-refractivity contribution in [2.45, 2.75) is 109 Å². The second-order valence-corrected chi connectivity index (χ2v) is 7.03. The van der Waals surface area contributed by atoms with E-state index in [0.29, 0.717) is 0 Å². The van der Waals surface area contributed by atoms with E-state index in [2.05, 4.69) is 20.8 Å². The lowest BCUT2D eigenvalue weighted by Gasteiger charge is -2.43. The Labute approximate surface area is 126 Å². The normalized spacial score (nSPS) is 30.6. The van der Waals surface area contributed by atoms with Crippen LogP contribution in [0.25, 0.3) is 0 Å². The average Bonchev–Trinajstić information content (AvgIpc) is 2.41. The maximum absolute atomic E-state index is 10.7. The highest BCUT2D eigenvalue weighted by atomic mass is 16.5. The molecule has 1 fully saturated rings. The lowest BCUT2D eigenvalue weighted by Crippen LogP contribution is -2.47. The van der Waals surface area contributed by atoms with E-state index in [0.717, 1.165) is 32.3 Å². The molecule has 0 aromatic heterocycles. The first kappa shape index (κ1) is 18.0. The second-order valence-electron chi connectivity index (χ2n) is 7.03. The molecule has 0 spiro atoms. The average molecular weight is 284 g/mol. The van der Waals surface area contributed by atoms with Crippen molar-refractivity contribution in [2.75, 3.05) is 6.61 Å². The fourth-order valence-electron chi connectivity index (χ4n) is 3.35. The molecule has 1 saturated heterocycles. The molecule has 0 radical (unpaired) electrons. The number of hydrogen-bond acceptors (Lipinski definition) is 2. The van der Waals surface area contributed by atoms with Gasteiger partial charge in [-0.25, -0.2) is 0 Å². The lowest BCUT2D eigenvalue weighted by atomic mass is 9.79. The van der Waals surface area contributed by atoms with Crippen LogP contribution in [0, 0.1) is 0 Å². The van der Waals surface area contributed by atoms with Crippen LogP contribution in [-0.4, -0.2) is 22.9 Å². The molecule has 0 aliphatic carbocycles. The Morgan fingerprint density at radius 2 is 1.55 bits per heavy atom. The van der Waals surface area contributed by atoms with Gasteiger partial charge in [0.05, 0.1) is 17.8 Å². The van der Waals surface area contributed by atoms with Crippen LogP contribution < -0.4 is 0 Å². The third-order valence-electron chi connectivity index (χ3n) is 4.96. The fraction of sp³-hybridized carbons (Fsp3) is 1.00. The van der Waals surface area contributed by atoms with Crippen molar-refractivity contribution in [2.24, 2.45) is 0 Å². The van der Waals surface area contributed by atoms with Gasteiger partial charge in [-0.05, 0) is 26.2 Å². The summed E-state index contributed by atoms with van der Waals surface area (Å²) in [5.41, 5.74) is -0.571. The first-order valence-electron chi connectivity index (χ1n) is 8.90. The molecule has 2 heteroatoms. The van der Waals surface area contributed by atoms with E-state index in [-0.39, 0.29) is 5.60 Å². The predicted octanol–water partition coefficient (Wildman–Crippen LogP) is 5.23. The maximum Gasteiger partial charge on any atom is 0.0697 e. The van der Waals surface area contributed by atoms with Crippen LogP contribution in [0.2, 0.25) is 0 Å². The number of ether oxygens (including phenoxy) is 1. The van der Waals surface area contributed by atoms with Crippen molar-refractivity contribution >= 4 is 0 Å². The van der Waals surface area contributed by atoms with Crippen LogP contribution in [0.5, 0.6) is 0 Å². The quantitative estimate of drug-likeness (QED) is 0.557. The first-order valence-corrected chi connectivity index (χ1v) is 8.90. The summed E-state index contributed by atoms with van der Waals surface area (Å²) in [5, 5.41) is 10.7. The summed E-state index contributed by atoms with van der Waals surface area (Å²) >= 11 is 0. The minimum Gasteiger partial charge on any atom is -0.390 e. The Hall–Kier alpha value is -0.0800. The van der Waals surface area contributed by atoms with Crippen LogP contribution in [0.1, 0.15) is 97.8 Å². The summed E-state index contributed by atoms with van der Waals surface area (Å²) in [5.74, 6) is 0. The van der Waals surface area contributed by atoms with E-state index in [1.807, 2.05) is 0 Å². The summed E-state index contributed by atoms with van der Waals surface area (Å²) in [7, 11) is 0. The molecule has 120 valence electrons. The molecular formula is C18H36O2. The third kappa shape index (κ3) is 6.58. The molecule has 1 heterocycles. The zero-order valence-corrected chi connectivity index (χ0v) is 14.0. The smallest absolute Gasteiger partial charge is 0.0697 e. The molecule has 2 nitrogen and oxygen atoms in total. The Kier molecular flexibility index (Phi) is 8.13. The Balaban J connectivity index is 2.11. The molecule has 2 unspecified atom stereocenters. The minimum absolute atomic E-state index is 0.104. The van der Waals surface area contributed by atoms with Gasteiger partial charge in [-0.3, -0.25) is 0 Å². The number of unbranched alkanes of at least 4 members (excludes halogenated alkanes) is 7. The van der Waals surface area contributed by atoms with Gasteiger partial charge < -0.3 is 9.84 Å². The lowest BCUT2D eigenvalue weighted by molar-refractivity contribution is -0.156. The van der Waals surface area contributed by atoms with E-state index in [4.69, 9.17) is 4.74 Å². The van der Waals surface area contributed by atoms with Crippen molar-refractivity contribution in [3.05, 3.63) is 0 Å². The van der Waals surface area contributed by atoms with Crippen LogP contribution in [0.15, 0.2) is 0 Å². The van der Waals surface area contributed by atoms with E-state index in [1.54, 1.807) is 0 Å². The summed E-state index contributed by atoms with van der Waals surface area (Å²) in [6, 6.07) is 0. The number of rotatable bonds is 10. The number of hydrogen-bond donors (Lipinski definition) is 1. The number of aliphatic hydroxyl groups is 1. The molecule has 1 rings (SSSR count). The van der Waals surface area contributed by atoms with Crippen molar-refractivity contribution in [3.63, 3.8) is 0 Å². The zero-order chi connectivity index (χ0) is 14.9. The maximum atomic E-state index is 10.7. The molecule has 1 N–H and O–H groups in total. The highest BCUT2D eigenvalue weighted by molar-refractivity contribution is 4.92. The predicted molar refractivity (Wildman–Crippen MR) is 86.1 cm³/mol. The van der Waals surface area contributed by atoms with Gasteiger partial charge in [0.25, 0.3) is 0 Å². The van der Waals surface area contributed by atoms with Crippen LogP contribution in [-0.2, 0) is 4.74 Å². The molecule has 0 bridgehead atoms. The SMILES string of the molecule is CCCCCCCCCCC1(O)CCOC(C)(CC)C1. The highest BCUT2D eigenvalue weighted by Crippen LogP contribution is 2.37. The Morgan fingerprint density at radius 3 is 2.15 bits per heavy atom. The summed E-state index contributed by atoms with van der Waals surface area (Å²) < 4.78 is 5.83. The first-order chi connectivity index (χ1) is 9.54. The van der Waals surface area contributed by atoms with E-state index >= 15 is 0 Å². The van der Waals surface area contributed by atoms with E-state index in [1.165, 1.54) is 51.4 Å². The summed E-state index contributed by atoms with van der Waals surface area (Å²) in [6.45, 7) is 7.28. The monoisotopic (exact) mass is 284 g/mol. The molecule has 1 aliphatic heterocycles. The molecule has 20 heavy (non-hydrogen) atoms. The zero-order valence-electron chi connectivity index (χ0n) is 14.0. The molecule has 0 aromatic carbocycles. The van der Waals surface area contributed by atoms with Crippen molar-refractivity contribution < 1.29 is 9.84 Å². The Bertz CT molecular complexity index is 254. The molecular weight excluding hydrogens is 248 g/mol. The molecule has 0 amide bonds. The fourth-order valence-corrected chi connectivity index (χ4v) is 3.35. The molecule has 0 saturated carbocycles. The largest absolute Gasteiger partial charge is 0.390 e. The Morgan fingerprint density at radius 1 is 0.950 bits per heavy atom. The van der Waals surface area contributed by atoms with Crippen molar-refractivity contribution in [3.8, 4) is 0 Å². The molecule has 0 aromatic rings. The van der Waals surface area contributed by atoms with Gasteiger partial charge in [-0.1, -0.05) is 65.2 Å². The van der Waals surface area contributed by atoms with Crippen molar-refractivity contribution in [1.29, 1.82) is 0 Å². The third-order valence-corrected chi connectivity index (χ3v) is 4.96. The van der Waals surface area contributed by atoms with Crippen LogP contribution in [0.3, 0.4) is 0 Å². The minimum atomic E-state index is -0.467. The summed E-state index contributed by atoms with van der Waals surface area (Å²) in [6.07, 6.45) is 14.2. The highest BCUT2D eigenvalue weighted by Gasteiger charge is 2.40. The van der Waals surface area contributed by atoms with E-state index < -0.39 is 5.60 Å². The van der Waals surface area contributed by atoms with Gasteiger partial charge in [0, 0.05) is 6.42 Å². The van der Waals surface area contributed by atoms with Gasteiger partial charge in [-0.15, -0.1) is 0 Å². The van der Waals surface area contributed by atoms with Gasteiger partial charge in [0.1, 0.15) is 0 Å². The second kappa shape index (κ2) is 9.04. The topological polar surface area (TPSA) is 29.5 Å². The van der Waals surface area contributed by atoms with Gasteiger partial charge in [0.2, 0.25) is 0 Å². The standard InChI is InChI=1S/C18H36O2/c1-4-6-7-8-9-10-11-12-13-18(19)14-15-20-17(3,5-2)16-18/h19H,4-16H2,1-3H3. The van der Waals surface area contributed by atoms with E-state index in [9.17, 15) is 5.11 Å². The van der Waals surface area contributed by atoms with Crippen molar-refractivity contribution in [1.82, 2.24) is 0 Å². The van der Waals surface area contributed by atoms with Gasteiger partial charge in [0.15, 0.2) is 0 Å². The van der Waals surface area contributed by atoms with Crippen LogP contribution >= 0.6 is 0 Å². The molecule has 1 aliphatic rings. The van der Waals surface area contributed by atoms with Gasteiger partial charge in [-0.2, -0.15) is 0 Å². The van der Waals surface area contributed by atoms with Gasteiger partial charge >= 0.3 is 0 Å².